The van der Waals surface area contributed by atoms with Crippen LogP contribution in [0.2, 0.25) is 0 Å². The van der Waals surface area contributed by atoms with Crippen molar-refractivity contribution in [3.8, 4) is 6.07 Å². The first-order valence-corrected chi connectivity index (χ1v) is 12.7. The van der Waals surface area contributed by atoms with Crippen LogP contribution in [0.4, 0.5) is 10.1 Å². The maximum absolute atomic E-state index is 13.8. The van der Waals surface area contributed by atoms with Crippen molar-refractivity contribution >= 4 is 16.7 Å². The molecule has 0 aliphatic carbocycles. The number of fused-ring (bicyclic) bond motifs is 1. The van der Waals surface area contributed by atoms with Crippen molar-refractivity contribution in [1.82, 2.24) is 24.6 Å². The zero-order valence-electron chi connectivity index (χ0n) is 22.1. The molecule has 5 rings (SSSR count). The lowest BCUT2D eigenvalue weighted by molar-refractivity contribution is 0.110. The second kappa shape index (κ2) is 9.99. The van der Waals surface area contributed by atoms with Gasteiger partial charge >= 0.3 is 0 Å². The van der Waals surface area contributed by atoms with Gasteiger partial charge in [0.25, 0.3) is 5.56 Å². The smallest absolute Gasteiger partial charge is 0.252 e. The molecule has 1 saturated heterocycles. The number of benzene rings is 1. The van der Waals surface area contributed by atoms with Gasteiger partial charge in [0.15, 0.2) is 5.82 Å². The molecule has 0 radical (unpaired) electrons. The third kappa shape index (κ3) is 4.54. The fourth-order valence-corrected chi connectivity index (χ4v) is 5.16. The van der Waals surface area contributed by atoms with Crippen molar-refractivity contribution in [2.24, 2.45) is 7.05 Å². The van der Waals surface area contributed by atoms with Gasteiger partial charge in [-0.3, -0.25) is 9.69 Å². The van der Waals surface area contributed by atoms with Crippen LogP contribution in [0.5, 0.6) is 0 Å². The van der Waals surface area contributed by atoms with Gasteiger partial charge in [0, 0.05) is 44.2 Å². The molecule has 1 aliphatic heterocycles. The van der Waals surface area contributed by atoms with Crippen LogP contribution in [-0.2, 0) is 7.05 Å². The molecule has 0 spiro atoms. The van der Waals surface area contributed by atoms with Crippen LogP contribution in [0.3, 0.4) is 0 Å². The van der Waals surface area contributed by atoms with Crippen LogP contribution in [0.15, 0.2) is 51.8 Å². The predicted octanol–water partition coefficient (Wildman–Crippen LogP) is 4.14. The maximum atomic E-state index is 13.8. The van der Waals surface area contributed by atoms with E-state index < -0.39 is 0 Å². The molecule has 0 N–H and O–H groups in total. The standard InChI is InChI=1S/C28H30FN7O2/c1-16(2)27-32-28(38-33-27)26(19-6-8-20(29)9-7-19)36-15-17(3)35(14-18(36)4)23-12-24(37)34(5)22-11-10-21(13-30)31-25(22)23/h6-12,16-18,26H,14-15H2,1-5H3/t17-,18+,26?/m0/s1. The fraction of sp³-hybridized carbons (Fsp3) is 0.393. The molecule has 38 heavy (non-hydrogen) atoms. The Balaban J connectivity index is 1.55. The molecule has 10 heteroatoms. The average molecular weight is 516 g/mol. The number of pyridine rings is 2. The molecular weight excluding hydrogens is 485 g/mol. The lowest BCUT2D eigenvalue weighted by Gasteiger charge is -2.47. The summed E-state index contributed by atoms with van der Waals surface area (Å²) in [5.74, 6) is 0.882. The Bertz CT molecular complexity index is 1570. The number of aromatic nitrogens is 4. The summed E-state index contributed by atoms with van der Waals surface area (Å²) in [6, 6.07) is 13.1. The number of anilines is 1. The summed E-state index contributed by atoms with van der Waals surface area (Å²) in [7, 11) is 1.70. The summed E-state index contributed by atoms with van der Waals surface area (Å²) in [5.41, 5.74) is 3.01. The Labute approximate surface area is 220 Å². The van der Waals surface area contributed by atoms with E-state index in [1.807, 2.05) is 13.8 Å². The van der Waals surface area contributed by atoms with Crippen molar-refractivity contribution in [3.05, 3.63) is 81.6 Å². The molecule has 196 valence electrons. The molecule has 1 unspecified atom stereocenters. The molecule has 3 aromatic heterocycles. The highest BCUT2D eigenvalue weighted by atomic mass is 19.1. The summed E-state index contributed by atoms with van der Waals surface area (Å²) in [4.78, 5) is 26.5. The normalized spacial score (nSPS) is 19.2. The Hall–Kier alpha value is -4.10. The number of hydrogen-bond acceptors (Lipinski definition) is 8. The van der Waals surface area contributed by atoms with E-state index in [1.54, 1.807) is 41.9 Å². The number of piperazine rings is 1. The molecular formula is C28H30FN7O2. The zero-order chi connectivity index (χ0) is 27.1. The van der Waals surface area contributed by atoms with Gasteiger partial charge in [0.2, 0.25) is 5.89 Å². The fourth-order valence-electron chi connectivity index (χ4n) is 5.16. The van der Waals surface area contributed by atoms with Crippen molar-refractivity contribution in [2.45, 2.75) is 51.7 Å². The van der Waals surface area contributed by atoms with Crippen LogP contribution in [0.25, 0.3) is 11.0 Å². The van der Waals surface area contributed by atoms with Gasteiger partial charge < -0.3 is 14.0 Å². The third-order valence-corrected chi connectivity index (χ3v) is 7.25. The van der Waals surface area contributed by atoms with Gasteiger partial charge in [-0.25, -0.2) is 9.37 Å². The molecule has 1 aromatic carbocycles. The van der Waals surface area contributed by atoms with E-state index in [0.717, 1.165) is 5.56 Å². The van der Waals surface area contributed by atoms with Crippen LogP contribution in [0, 0.1) is 17.1 Å². The van der Waals surface area contributed by atoms with E-state index >= 15 is 0 Å². The molecule has 9 nitrogen and oxygen atoms in total. The van der Waals surface area contributed by atoms with Crippen molar-refractivity contribution < 1.29 is 8.91 Å². The minimum atomic E-state index is -0.362. The Morgan fingerprint density at radius 2 is 1.82 bits per heavy atom. The largest absolute Gasteiger partial charge is 0.364 e. The molecule has 0 bridgehead atoms. The maximum Gasteiger partial charge on any atom is 0.252 e. The zero-order valence-corrected chi connectivity index (χ0v) is 22.1. The Kier molecular flexibility index (Phi) is 6.71. The molecule has 4 heterocycles. The number of rotatable bonds is 5. The summed E-state index contributed by atoms with van der Waals surface area (Å²) in [6.45, 7) is 9.40. The van der Waals surface area contributed by atoms with E-state index in [2.05, 4.69) is 39.9 Å². The quantitative estimate of drug-likeness (QED) is 0.391. The second-order valence-electron chi connectivity index (χ2n) is 10.2. The molecule has 1 aliphatic rings. The second-order valence-corrected chi connectivity index (χ2v) is 10.2. The SMILES string of the molecule is CC(C)c1noc(C(c2ccc(F)cc2)N2C[C@H](C)N(c3cc(=O)n(C)c4ccc(C#N)nc34)C[C@H]2C)n1. The van der Waals surface area contributed by atoms with Crippen LogP contribution < -0.4 is 10.5 Å². The molecule has 4 aromatic rings. The number of hydrogen-bond donors (Lipinski definition) is 0. The number of nitrogens with zero attached hydrogens (tertiary/aromatic N) is 7. The lowest BCUT2D eigenvalue weighted by atomic mass is 9.98. The Morgan fingerprint density at radius 1 is 1.08 bits per heavy atom. The monoisotopic (exact) mass is 515 g/mol. The Morgan fingerprint density at radius 3 is 2.47 bits per heavy atom. The highest BCUT2D eigenvalue weighted by Gasteiger charge is 2.38. The summed E-state index contributed by atoms with van der Waals surface area (Å²) < 4.78 is 21.1. The first kappa shape index (κ1) is 25.5. The van der Waals surface area contributed by atoms with E-state index in [-0.39, 0.29) is 35.4 Å². The predicted molar refractivity (Wildman–Crippen MR) is 141 cm³/mol. The van der Waals surface area contributed by atoms with E-state index in [4.69, 9.17) is 9.51 Å². The van der Waals surface area contributed by atoms with E-state index in [9.17, 15) is 14.4 Å². The van der Waals surface area contributed by atoms with Crippen LogP contribution in [0.1, 0.15) is 62.6 Å². The molecule has 1 fully saturated rings. The van der Waals surface area contributed by atoms with Crippen LogP contribution in [-0.4, -0.2) is 49.8 Å². The highest BCUT2D eigenvalue weighted by molar-refractivity contribution is 5.89. The van der Waals surface area contributed by atoms with Crippen molar-refractivity contribution in [2.75, 3.05) is 18.0 Å². The van der Waals surface area contributed by atoms with Gasteiger partial charge in [-0.15, -0.1) is 0 Å². The lowest BCUT2D eigenvalue weighted by Crippen LogP contribution is -2.57. The third-order valence-electron chi connectivity index (χ3n) is 7.25. The van der Waals surface area contributed by atoms with E-state index in [1.165, 1.54) is 12.1 Å². The van der Waals surface area contributed by atoms with Crippen molar-refractivity contribution in [1.29, 1.82) is 5.26 Å². The minimum absolute atomic E-state index is 0.00564. The van der Waals surface area contributed by atoms with Crippen molar-refractivity contribution in [3.63, 3.8) is 0 Å². The molecule has 3 atom stereocenters. The van der Waals surface area contributed by atoms with E-state index in [0.29, 0.717) is 47.2 Å². The van der Waals surface area contributed by atoms with Crippen LogP contribution >= 0.6 is 0 Å². The van der Waals surface area contributed by atoms with Gasteiger partial charge in [0.05, 0.1) is 11.2 Å². The van der Waals surface area contributed by atoms with Gasteiger partial charge in [0.1, 0.15) is 29.1 Å². The summed E-state index contributed by atoms with van der Waals surface area (Å²) in [5, 5.41) is 13.6. The molecule has 0 amide bonds. The van der Waals surface area contributed by atoms with Gasteiger partial charge in [-0.05, 0) is 43.7 Å². The minimum Gasteiger partial charge on any atom is -0.364 e. The summed E-state index contributed by atoms with van der Waals surface area (Å²) >= 11 is 0. The molecule has 0 saturated carbocycles. The summed E-state index contributed by atoms with van der Waals surface area (Å²) in [6.07, 6.45) is 0. The number of aryl methyl sites for hydroxylation is 1. The first-order valence-electron chi connectivity index (χ1n) is 12.7. The van der Waals surface area contributed by atoms with Gasteiger partial charge in [-0.1, -0.05) is 31.1 Å². The topological polar surface area (TPSA) is 104 Å². The number of nitriles is 1. The highest BCUT2D eigenvalue weighted by Crippen LogP contribution is 2.35. The average Bonchev–Trinajstić information content (AvgIpc) is 3.39. The first-order chi connectivity index (χ1) is 18.2. The number of halogens is 1. The van der Waals surface area contributed by atoms with Gasteiger partial charge in [-0.2, -0.15) is 10.2 Å².